The number of aromatic carboxylic acids is 1. The van der Waals surface area contributed by atoms with Crippen LogP contribution in [0.2, 0.25) is 5.02 Å². The third-order valence-corrected chi connectivity index (χ3v) is 3.77. The second kappa shape index (κ2) is 6.08. The highest BCUT2D eigenvalue weighted by Crippen LogP contribution is 2.26. The molecule has 1 N–H and O–H groups in total. The third kappa shape index (κ3) is 3.72. The average Bonchev–Trinajstić information content (AvgIpc) is 2.38. The summed E-state index contributed by atoms with van der Waals surface area (Å²) < 4.78 is 13.6. The molecule has 2 nitrogen and oxygen atoms in total. The predicted molar refractivity (Wildman–Crippen MR) is 74.4 cm³/mol. The quantitative estimate of drug-likeness (QED) is 0.846. The number of carboxylic acid groups (broad SMARTS) is 1. The van der Waals surface area contributed by atoms with Crippen LogP contribution < -0.4 is 0 Å². The lowest BCUT2D eigenvalue weighted by Gasteiger charge is -2.05. The van der Waals surface area contributed by atoms with Crippen LogP contribution in [0.15, 0.2) is 47.4 Å². The molecule has 0 heterocycles. The fourth-order valence-electron chi connectivity index (χ4n) is 1.52. The molecule has 2 rings (SSSR count). The van der Waals surface area contributed by atoms with Crippen molar-refractivity contribution in [3.8, 4) is 0 Å². The van der Waals surface area contributed by atoms with Gasteiger partial charge in [0.25, 0.3) is 0 Å². The van der Waals surface area contributed by atoms with Crippen LogP contribution in [0.5, 0.6) is 0 Å². The monoisotopic (exact) mass is 296 g/mol. The summed E-state index contributed by atoms with van der Waals surface area (Å²) in [5, 5.41) is 9.25. The first-order valence-corrected chi connectivity index (χ1v) is 6.83. The number of carbonyl (C=O) groups is 1. The van der Waals surface area contributed by atoms with Crippen molar-refractivity contribution in [3.63, 3.8) is 0 Å². The molecule has 0 saturated carbocycles. The van der Waals surface area contributed by atoms with E-state index in [0.717, 1.165) is 4.90 Å². The van der Waals surface area contributed by atoms with Crippen LogP contribution in [0, 0.1) is 5.82 Å². The zero-order chi connectivity index (χ0) is 13.8. The normalized spacial score (nSPS) is 10.4. The second-order valence-electron chi connectivity index (χ2n) is 3.86. The average molecular weight is 297 g/mol. The van der Waals surface area contributed by atoms with Gasteiger partial charge in [-0.05, 0) is 35.9 Å². The van der Waals surface area contributed by atoms with Gasteiger partial charge in [-0.3, -0.25) is 0 Å². The van der Waals surface area contributed by atoms with E-state index in [4.69, 9.17) is 16.7 Å². The smallest absolute Gasteiger partial charge is 0.335 e. The lowest BCUT2D eigenvalue weighted by Crippen LogP contribution is -1.95. The van der Waals surface area contributed by atoms with Gasteiger partial charge >= 0.3 is 5.97 Å². The molecular weight excluding hydrogens is 287 g/mol. The van der Waals surface area contributed by atoms with Gasteiger partial charge in [0.2, 0.25) is 0 Å². The predicted octanol–water partition coefficient (Wildman–Crippen LogP) is 4.47. The molecule has 0 spiro atoms. The van der Waals surface area contributed by atoms with Crippen LogP contribution in [0.4, 0.5) is 4.39 Å². The van der Waals surface area contributed by atoms with Gasteiger partial charge in [0.15, 0.2) is 0 Å². The Morgan fingerprint density at radius 3 is 2.74 bits per heavy atom. The van der Waals surface area contributed by atoms with Gasteiger partial charge in [-0.1, -0.05) is 23.7 Å². The lowest BCUT2D eigenvalue weighted by atomic mass is 10.2. The maximum Gasteiger partial charge on any atom is 0.335 e. The van der Waals surface area contributed by atoms with Crippen LogP contribution in [-0.2, 0) is 5.75 Å². The highest BCUT2D eigenvalue weighted by Gasteiger charge is 2.06. The maximum atomic E-state index is 13.6. The minimum absolute atomic E-state index is 0.224. The first kappa shape index (κ1) is 13.9. The fraction of sp³-hybridized carbons (Fsp3) is 0.0714. The van der Waals surface area contributed by atoms with Gasteiger partial charge < -0.3 is 5.11 Å². The molecule has 5 heteroatoms. The summed E-state index contributed by atoms with van der Waals surface area (Å²) in [7, 11) is 0. The van der Waals surface area contributed by atoms with Crippen molar-refractivity contribution in [2.24, 2.45) is 0 Å². The molecule has 0 aromatic heterocycles. The summed E-state index contributed by atoms with van der Waals surface area (Å²) in [6.45, 7) is 0. The molecule has 0 fully saturated rings. The van der Waals surface area contributed by atoms with E-state index in [1.165, 1.54) is 23.9 Å². The van der Waals surface area contributed by atoms with Crippen molar-refractivity contribution in [2.45, 2.75) is 10.6 Å². The molecule has 0 bridgehead atoms. The summed E-state index contributed by atoms with van der Waals surface area (Å²) in [4.78, 5) is 11.6. The Hall–Kier alpha value is -1.52. The number of rotatable bonds is 4. The SMILES string of the molecule is O=C(O)c1cccc(SCc2ccc(Cl)cc2F)c1. The van der Waals surface area contributed by atoms with Crippen molar-refractivity contribution >= 4 is 29.3 Å². The Morgan fingerprint density at radius 1 is 1.26 bits per heavy atom. The van der Waals surface area contributed by atoms with Crippen molar-refractivity contribution in [2.75, 3.05) is 0 Å². The van der Waals surface area contributed by atoms with E-state index < -0.39 is 5.97 Å². The fourth-order valence-corrected chi connectivity index (χ4v) is 2.62. The second-order valence-corrected chi connectivity index (χ2v) is 5.34. The van der Waals surface area contributed by atoms with Gasteiger partial charge in [-0.15, -0.1) is 11.8 Å². The Labute approximate surface area is 119 Å². The molecule has 0 radical (unpaired) electrons. The largest absolute Gasteiger partial charge is 0.478 e. The summed E-state index contributed by atoms with van der Waals surface area (Å²) >= 11 is 7.06. The molecule has 0 aliphatic rings. The molecule has 98 valence electrons. The molecule has 2 aromatic rings. The van der Waals surface area contributed by atoms with Gasteiger partial charge in [0.05, 0.1) is 5.56 Å². The summed E-state index contributed by atoms with van der Waals surface area (Å²) in [5.41, 5.74) is 0.761. The first-order chi connectivity index (χ1) is 9.06. The van der Waals surface area contributed by atoms with E-state index in [1.54, 1.807) is 30.3 Å². The van der Waals surface area contributed by atoms with E-state index in [9.17, 15) is 9.18 Å². The zero-order valence-electron chi connectivity index (χ0n) is 9.77. The van der Waals surface area contributed by atoms with Gasteiger partial charge in [0.1, 0.15) is 5.82 Å². The molecule has 0 atom stereocenters. The van der Waals surface area contributed by atoms with E-state index in [0.29, 0.717) is 16.3 Å². The minimum atomic E-state index is -0.972. The van der Waals surface area contributed by atoms with E-state index in [1.807, 2.05) is 0 Å². The number of benzene rings is 2. The van der Waals surface area contributed by atoms with Crippen LogP contribution in [0.1, 0.15) is 15.9 Å². The van der Waals surface area contributed by atoms with Crippen LogP contribution >= 0.6 is 23.4 Å². The van der Waals surface area contributed by atoms with Gasteiger partial charge in [-0.2, -0.15) is 0 Å². The van der Waals surface area contributed by atoms with Crippen molar-refractivity contribution in [3.05, 3.63) is 64.4 Å². The molecule has 0 aliphatic carbocycles. The van der Waals surface area contributed by atoms with E-state index in [-0.39, 0.29) is 11.4 Å². The van der Waals surface area contributed by atoms with E-state index in [2.05, 4.69) is 0 Å². The maximum absolute atomic E-state index is 13.6. The Balaban J connectivity index is 2.10. The van der Waals surface area contributed by atoms with Crippen LogP contribution in [-0.4, -0.2) is 11.1 Å². The molecule has 2 aromatic carbocycles. The number of hydrogen-bond donors (Lipinski definition) is 1. The number of hydrogen-bond acceptors (Lipinski definition) is 2. The summed E-state index contributed by atoms with van der Waals surface area (Å²) in [6.07, 6.45) is 0. The lowest BCUT2D eigenvalue weighted by molar-refractivity contribution is 0.0696. The summed E-state index contributed by atoms with van der Waals surface area (Å²) in [5.74, 6) is -0.902. The Morgan fingerprint density at radius 2 is 2.05 bits per heavy atom. The Kier molecular flexibility index (Phi) is 4.45. The third-order valence-electron chi connectivity index (χ3n) is 2.49. The Bertz CT molecular complexity index is 616. The first-order valence-electron chi connectivity index (χ1n) is 5.46. The molecular formula is C14H10ClFO2S. The molecule has 0 saturated heterocycles. The molecule has 0 aliphatic heterocycles. The highest BCUT2D eigenvalue weighted by molar-refractivity contribution is 7.98. The van der Waals surface area contributed by atoms with Gasteiger partial charge in [0, 0.05) is 15.7 Å². The van der Waals surface area contributed by atoms with Gasteiger partial charge in [-0.25, -0.2) is 9.18 Å². The van der Waals surface area contributed by atoms with Crippen molar-refractivity contribution in [1.29, 1.82) is 0 Å². The number of carboxylic acids is 1. The van der Waals surface area contributed by atoms with E-state index >= 15 is 0 Å². The zero-order valence-corrected chi connectivity index (χ0v) is 11.3. The standard InChI is InChI=1S/C14H10ClFO2S/c15-11-5-4-10(13(16)7-11)8-19-12-3-1-2-9(6-12)14(17)18/h1-7H,8H2,(H,17,18). The summed E-state index contributed by atoms with van der Waals surface area (Å²) in [6, 6.07) is 11.1. The molecule has 0 amide bonds. The molecule has 0 unspecified atom stereocenters. The number of thioether (sulfide) groups is 1. The van der Waals surface area contributed by atoms with Crippen LogP contribution in [0.3, 0.4) is 0 Å². The van der Waals surface area contributed by atoms with Crippen molar-refractivity contribution in [1.82, 2.24) is 0 Å². The van der Waals surface area contributed by atoms with Crippen molar-refractivity contribution < 1.29 is 14.3 Å². The minimum Gasteiger partial charge on any atom is -0.478 e. The van der Waals surface area contributed by atoms with Crippen LogP contribution in [0.25, 0.3) is 0 Å². The topological polar surface area (TPSA) is 37.3 Å². The highest BCUT2D eigenvalue weighted by atomic mass is 35.5. The number of halogens is 2. The molecule has 19 heavy (non-hydrogen) atoms.